The smallest absolute Gasteiger partial charge is 0.198 e. The van der Waals surface area contributed by atoms with Crippen molar-refractivity contribution in [3.8, 4) is 11.8 Å². The molecule has 64 valence electrons. The highest BCUT2D eigenvalue weighted by molar-refractivity contribution is 5.65. The lowest BCUT2D eigenvalue weighted by Gasteiger charge is -2.12. The van der Waals surface area contributed by atoms with E-state index in [9.17, 15) is 10.2 Å². The van der Waals surface area contributed by atoms with Crippen molar-refractivity contribution in [3.63, 3.8) is 0 Å². The molecular weight excluding hydrogens is 154 g/mol. The Hall–Kier alpha value is -1.38. The van der Waals surface area contributed by atoms with E-state index in [4.69, 9.17) is 0 Å². The molecule has 0 saturated carbocycles. The zero-order valence-electron chi connectivity index (χ0n) is 6.83. The fourth-order valence-electron chi connectivity index (χ4n) is 1.68. The number of H-pyrrole nitrogens is 1. The molecule has 3 N–H and O–H groups in total. The summed E-state index contributed by atoms with van der Waals surface area (Å²) in [4.78, 5) is 2.51. The van der Waals surface area contributed by atoms with Crippen LogP contribution in [-0.4, -0.2) is 15.2 Å². The molecule has 12 heavy (non-hydrogen) atoms. The van der Waals surface area contributed by atoms with Gasteiger partial charge in [0.15, 0.2) is 11.8 Å². The molecule has 1 aromatic rings. The number of hydrogen-bond acceptors (Lipinski definition) is 2. The zero-order chi connectivity index (χ0) is 8.72. The van der Waals surface area contributed by atoms with Crippen LogP contribution in [0, 0.1) is 0 Å². The molecule has 0 saturated heterocycles. The van der Waals surface area contributed by atoms with Crippen LogP contribution in [0.25, 0.3) is 6.08 Å². The van der Waals surface area contributed by atoms with Gasteiger partial charge in [-0.1, -0.05) is 19.1 Å². The molecule has 1 aliphatic carbocycles. The topological polar surface area (TPSA) is 56.2 Å². The summed E-state index contributed by atoms with van der Waals surface area (Å²) in [5.41, 5.74) is 1.56. The van der Waals surface area contributed by atoms with E-state index in [2.05, 4.69) is 4.98 Å². The number of nitrogens with one attached hydrogen (secondary N) is 1. The van der Waals surface area contributed by atoms with Gasteiger partial charge in [-0.05, 0) is 12.3 Å². The van der Waals surface area contributed by atoms with Gasteiger partial charge < -0.3 is 10.2 Å². The maximum Gasteiger partial charge on any atom is 0.198 e. The van der Waals surface area contributed by atoms with Gasteiger partial charge in [0.25, 0.3) is 0 Å². The number of hydrogen-bond donors (Lipinski definition) is 3. The molecule has 2 rings (SSSR count). The lowest BCUT2D eigenvalue weighted by Crippen LogP contribution is -1.96. The summed E-state index contributed by atoms with van der Waals surface area (Å²) >= 11 is 0. The molecule has 0 bridgehead atoms. The van der Waals surface area contributed by atoms with Crippen LogP contribution >= 0.6 is 0 Å². The van der Waals surface area contributed by atoms with Crippen molar-refractivity contribution in [1.29, 1.82) is 0 Å². The molecule has 0 fully saturated rings. The van der Waals surface area contributed by atoms with Gasteiger partial charge in [-0.15, -0.1) is 0 Å². The highest BCUT2D eigenvalue weighted by atomic mass is 16.3. The van der Waals surface area contributed by atoms with Crippen molar-refractivity contribution in [2.24, 2.45) is 0 Å². The van der Waals surface area contributed by atoms with Crippen molar-refractivity contribution in [2.45, 2.75) is 19.3 Å². The molecule has 3 heteroatoms. The SMILES string of the molecule is CC1CC=Cc2c(O)[nH]c(O)c21. The maximum atomic E-state index is 9.40. The Balaban J connectivity index is 2.64. The first-order valence-corrected chi connectivity index (χ1v) is 4.00. The zero-order valence-corrected chi connectivity index (χ0v) is 6.83. The van der Waals surface area contributed by atoms with E-state index in [1.807, 2.05) is 19.1 Å². The number of aromatic amines is 1. The molecule has 0 aliphatic heterocycles. The second-order valence-electron chi connectivity index (χ2n) is 3.19. The van der Waals surface area contributed by atoms with E-state index in [-0.39, 0.29) is 17.7 Å². The third-order valence-corrected chi connectivity index (χ3v) is 2.30. The van der Waals surface area contributed by atoms with Crippen molar-refractivity contribution in [1.82, 2.24) is 4.98 Å². The van der Waals surface area contributed by atoms with Crippen LogP contribution in [0.3, 0.4) is 0 Å². The average Bonchev–Trinajstić information content (AvgIpc) is 2.29. The Morgan fingerprint density at radius 2 is 2.17 bits per heavy atom. The van der Waals surface area contributed by atoms with Crippen LogP contribution in [-0.2, 0) is 0 Å². The maximum absolute atomic E-state index is 9.40. The van der Waals surface area contributed by atoms with E-state index in [1.54, 1.807) is 0 Å². The Labute approximate surface area is 70.4 Å². The minimum Gasteiger partial charge on any atom is -0.494 e. The minimum absolute atomic E-state index is 0.0605. The third-order valence-electron chi connectivity index (χ3n) is 2.30. The Kier molecular flexibility index (Phi) is 1.40. The normalized spacial score (nSPS) is 20.9. The van der Waals surface area contributed by atoms with Crippen LogP contribution in [0.1, 0.15) is 30.4 Å². The lowest BCUT2D eigenvalue weighted by molar-refractivity contribution is 0.422. The lowest BCUT2D eigenvalue weighted by atomic mass is 9.91. The second-order valence-corrected chi connectivity index (χ2v) is 3.19. The van der Waals surface area contributed by atoms with E-state index >= 15 is 0 Å². The van der Waals surface area contributed by atoms with Crippen LogP contribution < -0.4 is 0 Å². The summed E-state index contributed by atoms with van der Waals surface area (Å²) in [5.74, 6) is 0.437. The monoisotopic (exact) mass is 165 g/mol. The summed E-state index contributed by atoms with van der Waals surface area (Å²) in [5, 5.41) is 18.7. The Morgan fingerprint density at radius 3 is 2.83 bits per heavy atom. The first-order valence-electron chi connectivity index (χ1n) is 4.00. The second kappa shape index (κ2) is 2.30. The van der Waals surface area contributed by atoms with Crippen LogP contribution in [0.4, 0.5) is 0 Å². The number of fused-ring (bicyclic) bond motifs is 1. The molecule has 1 unspecified atom stereocenters. The van der Waals surface area contributed by atoms with Crippen LogP contribution in [0.2, 0.25) is 0 Å². The summed E-state index contributed by atoms with van der Waals surface area (Å²) in [6.45, 7) is 2.02. The fraction of sp³-hybridized carbons (Fsp3) is 0.333. The summed E-state index contributed by atoms with van der Waals surface area (Å²) in [7, 11) is 0. The van der Waals surface area contributed by atoms with Gasteiger partial charge in [0.1, 0.15) is 0 Å². The first-order chi connectivity index (χ1) is 5.70. The van der Waals surface area contributed by atoms with Crippen molar-refractivity contribution in [2.75, 3.05) is 0 Å². The number of aromatic hydroxyl groups is 2. The van der Waals surface area contributed by atoms with Gasteiger partial charge in [0.2, 0.25) is 0 Å². The number of aromatic nitrogens is 1. The van der Waals surface area contributed by atoms with Crippen LogP contribution in [0.5, 0.6) is 11.8 Å². The standard InChI is InChI=1S/C9H11NO2/c1-5-3-2-4-6-7(5)9(12)10-8(6)11/h2,4-5,10-12H,3H2,1H3. The summed E-state index contributed by atoms with van der Waals surface area (Å²) in [6.07, 6.45) is 4.75. The third kappa shape index (κ3) is 0.826. The molecule has 0 aromatic carbocycles. The van der Waals surface area contributed by atoms with Gasteiger partial charge in [-0.25, -0.2) is 0 Å². The van der Waals surface area contributed by atoms with Crippen molar-refractivity contribution < 1.29 is 10.2 Å². The molecule has 3 nitrogen and oxygen atoms in total. The van der Waals surface area contributed by atoms with Crippen molar-refractivity contribution >= 4 is 6.08 Å². The fourth-order valence-corrected chi connectivity index (χ4v) is 1.68. The highest BCUT2D eigenvalue weighted by Gasteiger charge is 2.21. The van der Waals surface area contributed by atoms with E-state index < -0.39 is 0 Å². The predicted molar refractivity (Wildman–Crippen MR) is 46.2 cm³/mol. The molecule has 1 aliphatic rings. The molecule has 0 radical (unpaired) electrons. The number of rotatable bonds is 0. The Morgan fingerprint density at radius 1 is 1.42 bits per heavy atom. The summed E-state index contributed by atoms with van der Waals surface area (Å²) in [6, 6.07) is 0. The van der Waals surface area contributed by atoms with E-state index in [1.165, 1.54) is 0 Å². The number of allylic oxidation sites excluding steroid dienone is 1. The van der Waals surface area contributed by atoms with Gasteiger partial charge in [-0.2, -0.15) is 0 Å². The summed E-state index contributed by atoms with van der Waals surface area (Å²) < 4.78 is 0. The Bertz CT molecular complexity index is 339. The first kappa shape index (κ1) is 7.28. The highest BCUT2D eigenvalue weighted by Crippen LogP contribution is 2.40. The predicted octanol–water partition coefficient (Wildman–Crippen LogP) is 1.95. The molecule has 1 aromatic heterocycles. The van der Waals surface area contributed by atoms with Crippen molar-refractivity contribution in [3.05, 3.63) is 17.2 Å². The molecule has 1 heterocycles. The quantitative estimate of drug-likeness (QED) is 0.550. The van der Waals surface area contributed by atoms with Gasteiger partial charge >= 0.3 is 0 Å². The van der Waals surface area contributed by atoms with E-state index in [0.29, 0.717) is 0 Å². The molecule has 0 amide bonds. The van der Waals surface area contributed by atoms with Gasteiger partial charge in [0, 0.05) is 11.1 Å². The molecular formula is C9H11NO2. The molecule has 1 atom stereocenters. The molecule has 0 spiro atoms. The minimum atomic E-state index is 0.0605. The van der Waals surface area contributed by atoms with E-state index in [0.717, 1.165) is 17.5 Å². The van der Waals surface area contributed by atoms with Crippen LogP contribution in [0.15, 0.2) is 6.08 Å². The average molecular weight is 165 g/mol. The largest absolute Gasteiger partial charge is 0.494 e. The van der Waals surface area contributed by atoms with Gasteiger partial charge in [-0.3, -0.25) is 4.98 Å². The van der Waals surface area contributed by atoms with Gasteiger partial charge in [0.05, 0.1) is 0 Å².